The highest BCUT2D eigenvalue weighted by Crippen LogP contribution is 2.24. The van der Waals surface area contributed by atoms with Crippen LogP contribution in [0.1, 0.15) is 20.8 Å². The normalized spacial score (nSPS) is 16.0. The van der Waals surface area contributed by atoms with Crippen LogP contribution >= 0.6 is 15.9 Å². The summed E-state index contributed by atoms with van der Waals surface area (Å²) >= 11 is 3.03. The van der Waals surface area contributed by atoms with Gasteiger partial charge in [0.25, 0.3) is 0 Å². The smallest absolute Gasteiger partial charge is 0.171 e. The van der Waals surface area contributed by atoms with E-state index in [1.165, 1.54) is 6.08 Å². The van der Waals surface area contributed by atoms with E-state index < -0.39 is 18.7 Å². The van der Waals surface area contributed by atoms with Gasteiger partial charge in [0, 0.05) is 0 Å². The molecule has 0 saturated heterocycles. The average molecular weight is 241 g/mol. The van der Waals surface area contributed by atoms with Gasteiger partial charge in [-0.05, 0) is 20.8 Å². The van der Waals surface area contributed by atoms with Gasteiger partial charge in [0.05, 0.1) is 4.75 Å². The fourth-order valence-corrected chi connectivity index (χ4v) is 3.08. The second-order valence-corrected chi connectivity index (χ2v) is 7.66. The van der Waals surface area contributed by atoms with Gasteiger partial charge in [-0.15, -0.1) is 6.58 Å². The lowest BCUT2D eigenvalue weighted by Gasteiger charge is -2.21. The molecule has 0 rings (SSSR count). The van der Waals surface area contributed by atoms with E-state index >= 15 is 0 Å². The molecule has 0 saturated carbocycles. The standard InChI is InChI=1S/C7H13BrO2S/c1-5-6(8)11(9,10)7(2,3)4/h5-6H,1H2,2-4H3. The molecule has 0 spiro atoms. The number of halogens is 1. The molecule has 0 bridgehead atoms. The predicted octanol–water partition coefficient (Wildman–Crippen LogP) is 2.11. The van der Waals surface area contributed by atoms with Crippen molar-refractivity contribution in [2.45, 2.75) is 29.7 Å². The van der Waals surface area contributed by atoms with Gasteiger partial charge in [0.15, 0.2) is 9.84 Å². The molecule has 0 fully saturated rings. The van der Waals surface area contributed by atoms with Gasteiger partial charge in [-0.25, -0.2) is 8.42 Å². The number of rotatable bonds is 2. The quantitative estimate of drug-likeness (QED) is 0.548. The Morgan fingerprint density at radius 1 is 1.45 bits per heavy atom. The predicted molar refractivity (Wildman–Crippen MR) is 51.6 cm³/mol. The van der Waals surface area contributed by atoms with Gasteiger partial charge in [0.1, 0.15) is 4.16 Å². The van der Waals surface area contributed by atoms with Crippen LogP contribution in [0.2, 0.25) is 0 Å². The van der Waals surface area contributed by atoms with Crippen molar-refractivity contribution in [2.75, 3.05) is 0 Å². The molecule has 66 valence electrons. The molecule has 0 aliphatic carbocycles. The van der Waals surface area contributed by atoms with Crippen molar-refractivity contribution in [1.29, 1.82) is 0 Å². The molecule has 0 N–H and O–H groups in total. The second kappa shape index (κ2) is 3.27. The van der Waals surface area contributed by atoms with Crippen LogP contribution in [0.3, 0.4) is 0 Å². The molecule has 0 aliphatic heterocycles. The second-order valence-electron chi connectivity index (χ2n) is 3.24. The molecule has 2 nitrogen and oxygen atoms in total. The van der Waals surface area contributed by atoms with E-state index in [2.05, 4.69) is 22.5 Å². The summed E-state index contributed by atoms with van der Waals surface area (Å²) in [4.78, 5) is 0. The lowest BCUT2D eigenvalue weighted by Crippen LogP contribution is -2.33. The van der Waals surface area contributed by atoms with Crippen molar-refractivity contribution < 1.29 is 8.42 Å². The molecule has 0 heterocycles. The molecule has 0 aromatic heterocycles. The first-order chi connectivity index (χ1) is 4.73. The lowest BCUT2D eigenvalue weighted by molar-refractivity contribution is 0.562. The first-order valence-corrected chi connectivity index (χ1v) is 5.69. The molecular formula is C7H13BrO2S. The fourth-order valence-electron chi connectivity index (χ4n) is 0.464. The Balaban J connectivity index is 4.91. The Morgan fingerprint density at radius 2 is 1.82 bits per heavy atom. The minimum atomic E-state index is -3.13. The molecule has 11 heavy (non-hydrogen) atoms. The van der Waals surface area contributed by atoms with Gasteiger partial charge in [-0.2, -0.15) is 0 Å². The minimum absolute atomic E-state index is 0.644. The van der Waals surface area contributed by atoms with Crippen LogP contribution in [-0.4, -0.2) is 17.3 Å². The summed E-state index contributed by atoms with van der Waals surface area (Å²) in [6.07, 6.45) is 1.38. The lowest BCUT2D eigenvalue weighted by atomic mass is 10.3. The van der Waals surface area contributed by atoms with E-state index in [1.54, 1.807) is 20.8 Å². The van der Waals surface area contributed by atoms with Crippen LogP contribution < -0.4 is 0 Å². The van der Waals surface area contributed by atoms with Crippen LogP contribution in [0.25, 0.3) is 0 Å². The maximum absolute atomic E-state index is 11.5. The van der Waals surface area contributed by atoms with Crippen molar-refractivity contribution in [3.05, 3.63) is 12.7 Å². The summed E-state index contributed by atoms with van der Waals surface area (Å²) in [5, 5.41) is 0. The Kier molecular flexibility index (Phi) is 3.32. The molecule has 1 atom stereocenters. The SMILES string of the molecule is C=CC(Br)S(=O)(=O)C(C)(C)C. The van der Waals surface area contributed by atoms with E-state index in [0.717, 1.165) is 0 Å². The number of alkyl halides is 1. The van der Waals surface area contributed by atoms with Crippen molar-refractivity contribution >= 4 is 25.8 Å². The topological polar surface area (TPSA) is 34.1 Å². The molecule has 0 aromatic rings. The van der Waals surface area contributed by atoms with Crippen LogP contribution in [0.4, 0.5) is 0 Å². The Bertz CT molecular complexity index is 236. The molecule has 0 aliphatic rings. The molecule has 0 aromatic carbocycles. The summed E-state index contributed by atoms with van der Waals surface area (Å²) < 4.78 is 21.6. The highest BCUT2D eigenvalue weighted by molar-refractivity contribution is 9.11. The van der Waals surface area contributed by atoms with E-state index in [0.29, 0.717) is 0 Å². The van der Waals surface area contributed by atoms with Gasteiger partial charge in [-0.3, -0.25) is 0 Å². The maximum Gasteiger partial charge on any atom is 0.171 e. The maximum atomic E-state index is 11.5. The summed E-state index contributed by atoms with van der Waals surface area (Å²) in [5.74, 6) is 0. The monoisotopic (exact) mass is 240 g/mol. The molecule has 0 radical (unpaired) electrons. The summed E-state index contributed by atoms with van der Waals surface area (Å²) in [6.45, 7) is 8.41. The Hall–Kier alpha value is 0.170. The summed E-state index contributed by atoms with van der Waals surface area (Å²) in [7, 11) is -3.13. The van der Waals surface area contributed by atoms with Gasteiger partial charge in [0.2, 0.25) is 0 Å². The van der Waals surface area contributed by atoms with Crippen LogP contribution in [0, 0.1) is 0 Å². The first kappa shape index (κ1) is 11.2. The minimum Gasteiger partial charge on any atom is -0.227 e. The Morgan fingerprint density at radius 3 is 1.91 bits per heavy atom. The zero-order valence-electron chi connectivity index (χ0n) is 6.96. The van der Waals surface area contributed by atoms with Gasteiger partial charge in [-0.1, -0.05) is 22.0 Å². The summed E-state index contributed by atoms with van der Waals surface area (Å²) in [6, 6.07) is 0. The average Bonchev–Trinajstić information content (AvgIpc) is 1.83. The number of sulfone groups is 1. The third-order valence-electron chi connectivity index (χ3n) is 1.34. The first-order valence-electron chi connectivity index (χ1n) is 3.23. The zero-order valence-corrected chi connectivity index (χ0v) is 9.37. The van der Waals surface area contributed by atoms with Crippen LogP contribution in [-0.2, 0) is 9.84 Å². The molecule has 0 amide bonds. The Labute approximate surface area is 76.7 Å². The van der Waals surface area contributed by atoms with Gasteiger partial charge >= 0.3 is 0 Å². The van der Waals surface area contributed by atoms with Crippen molar-refractivity contribution in [2.24, 2.45) is 0 Å². The largest absolute Gasteiger partial charge is 0.227 e. The fraction of sp³-hybridized carbons (Fsp3) is 0.714. The zero-order chi connectivity index (χ0) is 9.28. The third-order valence-corrected chi connectivity index (χ3v) is 5.68. The van der Waals surface area contributed by atoms with E-state index in [1.807, 2.05) is 0 Å². The number of hydrogen-bond donors (Lipinski definition) is 0. The third kappa shape index (κ3) is 2.30. The van der Waals surface area contributed by atoms with E-state index in [-0.39, 0.29) is 0 Å². The van der Waals surface area contributed by atoms with E-state index in [4.69, 9.17) is 0 Å². The highest BCUT2D eigenvalue weighted by atomic mass is 79.9. The molecule has 1 unspecified atom stereocenters. The van der Waals surface area contributed by atoms with Crippen molar-refractivity contribution in [3.63, 3.8) is 0 Å². The molecule has 4 heteroatoms. The van der Waals surface area contributed by atoms with Gasteiger partial charge < -0.3 is 0 Å². The number of hydrogen-bond acceptors (Lipinski definition) is 2. The van der Waals surface area contributed by atoms with Crippen molar-refractivity contribution in [1.82, 2.24) is 0 Å². The molecular weight excluding hydrogens is 228 g/mol. The van der Waals surface area contributed by atoms with Crippen molar-refractivity contribution in [3.8, 4) is 0 Å². The van der Waals surface area contributed by atoms with E-state index in [9.17, 15) is 8.42 Å². The highest BCUT2D eigenvalue weighted by Gasteiger charge is 2.33. The summed E-state index contributed by atoms with van der Waals surface area (Å²) in [5.41, 5.74) is 0. The van der Waals surface area contributed by atoms with Crippen LogP contribution in [0.15, 0.2) is 12.7 Å². The van der Waals surface area contributed by atoms with Crippen LogP contribution in [0.5, 0.6) is 0 Å².